The van der Waals surface area contributed by atoms with Crippen LogP contribution in [0.2, 0.25) is 0 Å². The van der Waals surface area contributed by atoms with Crippen molar-refractivity contribution in [3.05, 3.63) is 47.8 Å². The van der Waals surface area contributed by atoms with Gasteiger partial charge in [0.05, 0.1) is 18.2 Å². The van der Waals surface area contributed by atoms with Crippen LogP contribution in [0.1, 0.15) is 47.4 Å². The van der Waals surface area contributed by atoms with Gasteiger partial charge in [-0.2, -0.15) is 0 Å². The molecule has 0 spiro atoms. The van der Waals surface area contributed by atoms with Gasteiger partial charge in [-0.25, -0.2) is 14.8 Å². The van der Waals surface area contributed by atoms with Crippen LogP contribution in [-0.2, 0) is 4.74 Å². The summed E-state index contributed by atoms with van der Waals surface area (Å²) in [5.41, 5.74) is 1.67. The Balaban J connectivity index is 2.04. The standard InChI is InChI=1S/C19H24N4O3/c1-4-10-23(11-5-2)17(24)15-12-20-19(21-13-15)22-16-8-6-14(7-9-16)18(25)26-3/h6-9,12-13H,4-5,10-11H2,1-3H3,(H,20,21,22). The maximum Gasteiger partial charge on any atom is 0.337 e. The van der Waals surface area contributed by atoms with E-state index in [0.717, 1.165) is 31.6 Å². The lowest BCUT2D eigenvalue weighted by atomic mass is 10.2. The number of anilines is 2. The van der Waals surface area contributed by atoms with Gasteiger partial charge in [0, 0.05) is 31.2 Å². The number of nitrogens with zero attached hydrogens (tertiary/aromatic N) is 3. The van der Waals surface area contributed by atoms with E-state index in [9.17, 15) is 9.59 Å². The molecule has 26 heavy (non-hydrogen) atoms. The number of carbonyl (C=O) groups is 2. The van der Waals surface area contributed by atoms with Crippen LogP contribution in [0.3, 0.4) is 0 Å². The molecule has 0 aliphatic carbocycles. The average molecular weight is 356 g/mol. The lowest BCUT2D eigenvalue weighted by Gasteiger charge is -2.21. The van der Waals surface area contributed by atoms with Crippen LogP contribution in [0, 0.1) is 0 Å². The van der Waals surface area contributed by atoms with Gasteiger partial charge in [0.15, 0.2) is 0 Å². The molecular weight excluding hydrogens is 332 g/mol. The van der Waals surface area contributed by atoms with Crippen molar-refractivity contribution in [1.29, 1.82) is 0 Å². The summed E-state index contributed by atoms with van der Waals surface area (Å²) in [4.78, 5) is 34.2. The van der Waals surface area contributed by atoms with Gasteiger partial charge in [0.25, 0.3) is 5.91 Å². The molecule has 138 valence electrons. The van der Waals surface area contributed by atoms with E-state index >= 15 is 0 Å². The molecule has 0 atom stereocenters. The lowest BCUT2D eigenvalue weighted by molar-refractivity contribution is 0.0600. The molecule has 1 aromatic carbocycles. The Morgan fingerprint density at radius 2 is 1.58 bits per heavy atom. The van der Waals surface area contributed by atoms with Crippen molar-refractivity contribution in [3.8, 4) is 0 Å². The smallest absolute Gasteiger partial charge is 0.337 e. The number of hydrogen-bond donors (Lipinski definition) is 1. The number of carbonyl (C=O) groups excluding carboxylic acids is 2. The Labute approximate surface area is 153 Å². The van der Waals surface area contributed by atoms with Crippen molar-refractivity contribution in [3.63, 3.8) is 0 Å². The van der Waals surface area contributed by atoms with E-state index in [1.165, 1.54) is 19.5 Å². The Hall–Kier alpha value is -2.96. The molecule has 0 unspecified atom stereocenters. The Morgan fingerprint density at radius 3 is 2.08 bits per heavy atom. The summed E-state index contributed by atoms with van der Waals surface area (Å²) in [6.07, 6.45) is 4.87. The molecule has 0 saturated heterocycles. The average Bonchev–Trinajstić information content (AvgIpc) is 2.68. The fourth-order valence-corrected chi connectivity index (χ4v) is 2.48. The number of rotatable bonds is 8. The maximum absolute atomic E-state index is 12.5. The number of ether oxygens (including phenoxy) is 1. The number of hydrogen-bond acceptors (Lipinski definition) is 6. The van der Waals surface area contributed by atoms with Crippen LogP contribution < -0.4 is 5.32 Å². The minimum Gasteiger partial charge on any atom is -0.465 e. The van der Waals surface area contributed by atoms with E-state index in [1.54, 1.807) is 24.3 Å². The first kappa shape index (κ1) is 19.4. The monoisotopic (exact) mass is 356 g/mol. The zero-order valence-electron chi connectivity index (χ0n) is 15.4. The molecule has 7 heteroatoms. The minimum atomic E-state index is -0.389. The summed E-state index contributed by atoms with van der Waals surface area (Å²) in [5.74, 6) is -0.0630. The summed E-state index contributed by atoms with van der Waals surface area (Å²) < 4.78 is 4.66. The maximum atomic E-state index is 12.5. The lowest BCUT2D eigenvalue weighted by Crippen LogP contribution is -2.32. The topological polar surface area (TPSA) is 84.4 Å². The first-order valence-electron chi connectivity index (χ1n) is 8.65. The van der Waals surface area contributed by atoms with Crippen molar-refractivity contribution in [1.82, 2.24) is 14.9 Å². The molecule has 0 aliphatic rings. The number of nitrogens with one attached hydrogen (secondary N) is 1. The fraction of sp³-hybridized carbons (Fsp3) is 0.368. The zero-order valence-corrected chi connectivity index (χ0v) is 15.4. The zero-order chi connectivity index (χ0) is 18.9. The van der Waals surface area contributed by atoms with Crippen molar-refractivity contribution >= 4 is 23.5 Å². The van der Waals surface area contributed by atoms with Crippen molar-refractivity contribution < 1.29 is 14.3 Å². The van der Waals surface area contributed by atoms with Crippen LogP contribution in [0.5, 0.6) is 0 Å². The van der Waals surface area contributed by atoms with Crippen LogP contribution in [-0.4, -0.2) is 46.9 Å². The Bertz CT molecular complexity index is 723. The van der Waals surface area contributed by atoms with Gasteiger partial charge < -0.3 is 15.0 Å². The fourth-order valence-electron chi connectivity index (χ4n) is 2.48. The third-order valence-electron chi connectivity index (χ3n) is 3.74. The largest absolute Gasteiger partial charge is 0.465 e. The first-order valence-corrected chi connectivity index (χ1v) is 8.65. The van der Waals surface area contributed by atoms with Gasteiger partial charge in [0.2, 0.25) is 5.95 Å². The van der Waals surface area contributed by atoms with E-state index in [4.69, 9.17) is 0 Å². The predicted octanol–water partition coefficient (Wildman–Crippen LogP) is 3.27. The molecule has 0 bridgehead atoms. The Kier molecular flexibility index (Phi) is 7.08. The van der Waals surface area contributed by atoms with Gasteiger partial charge >= 0.3 is 5.97 Å². The van der Waals surface area contributed by atoms with Gasteiger partial charge in [-0.05, 0) is 37.1 Å². The van der Waals surface area contributed by atoms with Gasteiger partial charge in [0.1, 0.15) is 0 Å². The highest BCUT2D eigenvalue weighted by Gasteiger charge is 2.15. The van der Waals surface area contributed by atoms with Gasteiger partial charge in [-0.3, -0.25) is 4.79 Å². The quantitative estimate of drug-likeness (QED) is 0.731. The highest BCUT2D eigenvalue weighted by atomic mass is 16.5. The summed E-state index contributed by atoms with van der Waals surface area (Å²) in [6, 6.07) is 6.77. The molecule has 1 heterocycles. The first-order chi connectivity index (χ1) is 12.6. The molecule has 0 saturated carbocycles. The Morgan fingerprint density at radius 1 is 1.00 bits per heavy atom. The van der Waals surface area contributed by atoms with Crippen molar-refractivity contribution in [2.45, 2.75) is 26.7 Å². The third-order valence-corrected chi connectivity index (χ3v) is 3.74. The highest BCUT2D eigenvalue weighted by Crippen LogP contribution is 2.15. The van der Waals surface area contributed by atoms with E-state index in [2.05, 4.69) is 20.0 Å². The SMILES string of the molecule is CCCN(CCC)C(=O)c1cnc(Nc2ccc(C(=O)OC)cc2)nc1. The van der Waals surface area contributed by atoms with Crippen LogP contribution in [0.15, 0.2) is 36.7 Å². The van der Waals surface area contributed by atoms with E-state index < -0.39 is 0 Å². The summed E-state index contributed by atoms with van der Waals surface area (Å²) >= 11 is 0. The molecule has 1 amide bonds. The number of benzene rings is 1. The van der Waals surface area contributed by atoms with Crippen molar-refractivity contribution in [2.75, 3.05) is 25.5 Å². The van der Waals surface area contributed by atoms with Gasteiger partial charge in [-0.1, -0.05) is 13.8 Å². The molecule has 2 aromatic rings. The highest BCUT2D eigenvalue weighted by molar-refractivity contribution is 5.93. The second kappa shape index (κ2) is 9.50. The third kappa shape index (κ3) is 5.02. The molecule has 0 radical (unpaired) electrons. The molecule has 1 aromatic heterocycles. The van der Waals surface area contributed by atoms with E-state index in [1.807, 2.05) is 18.7 Å². The summed E-state index contributed by atoms with van der Waals surface area (Å²) in [5, 5.41) is 3.03. The second-order valence-corrected chi connectivity index (χ2v) is 5.78. The number of methoxy groups -OCH3 is 1. The summed E-state index contributed by atoms with van der Waals surface area (Å²) in [6.45, 7) is 5.54. The van der Waals surface area contributed by atoms with Gasteiger partial charge in [-0.15, -0.1) is 0 Å². The predicted molar refractivity (Wildman–Crippen MR) is 99.6 cm³/mol. The summed E-state index contributed by atoms with van der Waals surface area (Å²) in [7, 11) is 1.34. The molecule has 0 aliphatic heterocycles. The number of amides is 1. The molecule has 2 rings (SSSR count). The normalized spacial score (nSPS) is 10.3. The van der Waals surface area contributed by atoms with Crippen molar-refractivity contribution in [2.24, 2.45) is 0 Å². The van der Waals surface area contributed by atoms with Crippen LogP contribution in [0.4, 0.5) is 11.6 Å². The molecule has 0 fully saturated rings. The number of esters is 1. The minimum absolute atomic E-state index is 0.0531. The molecule has 7 nitrogen and oxygen atoms in total. The van der Waals surface area contributed by atoms with Crippen LogP contribution in [0.25, 0.3) is 0 Å². The molecule has 1 N–H and O–H groups in total. The number of aromatic nitrogens is 2. The molecular formula is C19H24N4O3. The van der Waals surface area contributed by atoms with E-state index in [0.29, 0.717) is 17.1 Å². The second-order valence-electron chi connectivity index (χ2n) is 5.78. The van der Waals surface area contributed by atoms with E-state index in [-0.39, 0.29) is 11.9 Å². The van der Waals surface area contributed by atoms with Crippen LogP contribution >= 0.6 is 0 Å².